The normalized spacial score (nSPS) is 17.1. The molecule has 1 aromatic carbocycles. The Bertz CT molecular complexity index is 718. The Morgan fingerprint density at radius 3 is 2.33 bits per heavy atom. The summed E-state index contributed by atoms with van der Waals surface area (Å²) in [7, 11) is -3.08. The van der Waals surface area contributed by atoms with Crippen molar-refractivity contribution in [3.05, 3.63) is 34.9 Å². The van der Waals surface area contributed by atoms with Gasteiger partial charge in [0.2, 0.25) is 10.0 Å². The molecule has 152 valence electrons. The van der Waals surface area contributed by atoms with E-state index in [9.17, 15) is 8.42 Å². The first-order valence-electron chi connectivity index (χ1n) is 9.94. The lowest BCUT2D eigenvalue weighted by Gasteiger charge is -2.32. The molecule has 7 heteroatoms. The molecule has 0 aliphatic carbocycles. The fraction of sp³-hybridized carbons (Fsp3) is 0.650. The maximum Gasteiger partial charge on any atom is 0.213 e. The van der Waals surface area contributed by atoms with Crippen molar-refractivity contribution in [2.24, 2.45) is 4.99 Å². The first kappa shape index (κ1) is 21.7. The molecule has 1 fully saturated rings. The minimum absolute atomic E-state index is 0.174. The minimum Gasteiger partial charge on any atom is -0.357 e. The van der Waals surface area contributed by atoms with Crippen LogP contribution in [0.25, 0.3) is 0 Å². The van der Waals surface area contributed by atoms with Crippen LogP contribution in [0.3, 0.4) is 0 Å². The van der Waals surface area contributed by atoms with E-state index in [4.69, 9.17) is 4.99 Å². The van der Waals surface area contributed by atoms with Crippen molar-refractivity contribution in [2.75, 3.05) is 31.9 Å². The van der Waals surface area contributed by atoms with Gasteiger partial charge in [-0.3, -0.25) is 4.99 Å². The Kier molecular flexibility index (Phi) is 8.10. The third-order valence-electron chi connectivity index (χ3n) is 4.85. The molecule has 0 saturated carbocycles. The first-order chi connectivity index (χ1) is 12.8. The van der Waals surface area contributed by atoms with Gasteiger partial charge in [0, 0.05) is 32.2 Å². The van der Waals surface area contributed by atoms with Gasteiger partial charge in [0.15, 0.2) is 5.96 Å². The number of sulfonamides is 1. The van der Waals surface area contributed by atoms with Crippen molar-refractivity contribution in [3.8, 4) is 0 Å². The Hall–Kier alpha value is -1.60. The van der Waals surface area contributed by atoms with E-state index in [0.29, 0.717) is 13.1 Å². The molecule has 0 aromatic heterocycles. The van der Waals surface area contributed by atoms with Crippen LogP contribution in [0.5, 0.6) is 0 Å². The molecule has 0 bridgehead atoms. The molecule has 1 aromatic rings. The number of hydrogen-bond acceptors (Lipinski definition) is 3. The summed E-state index contributed by atoms with van der Waals surface area (Å²) in [6.45, 7) is 10.7. The topological polar surface area (TPSA) is 73.8 Å². The van der Waals surface area contributed by atoms with Gasteiger partial charge in [-0.25, -0.2) is 12.7 Å². The molecule has 0 spiro atoms. The molecule has 0 amide bonds. The molecule has 0 atom stereocenters. The summed E-state index contributed by atoms with van der Waals surface area (Å²) >= 11 is 0. The average molecular weight is 395 g/mol. The highest BCUT2D eigenvalue weighted by Gasteiger charge is 2.26. The Balaban J connectivity index is 1.88. The highest BCUT2D eigenvalue weighted by molar-refractivity contribution is 7.89. The van der Waals surface area contributed by atoms with E-state index in [2.05, 4.69) is 49.6 Å². The number of guanidine groups is 1. The number of piperidine rings is 1. The second kappa shape index (κ2) is 10.1. The quantitative estimate of drug-likeness (QED) is 0.549. The number of nitrogens with one attached hydrogen (secondary N) is 2. The van der Waals surface area contributed by atoms with Crippen molar-refractivity contribution in [1.82, 2.24) is 14.9 Å². The van der Waals surface area contributed by atoms with Crippen molar-refractivity contribution in [1.29, 1.82) is 0 Å². The summed E-state index contributed by atoms with van der Waals surface area (Å²) < 4.78 is 25.6. The predicted molar refractivity (Wildman–Crippen MR) is 113 cm³/mol. The monoisotopic (exact) mass is 394 g/mol. The SMILES string of the molecule is CCNC(=NCCc1cc(C)cc(C)c1)NC1CCN(S(=O)(=O)CC)CC1. The second-order valence-corrected chi connectivity index (χ2v) is 9.48. The third kappa shape index (κ3) is 6.81. The summed E-state index contributed by atoms with van der Waals surface area (Å²) in [6.07, 6.45) is 2.52. The number of aryl methyl sites for hydroxylation is 2. The van der Waals surface area contributed by atoms with Crippen LogP contribution in [0.1, 0.15) is 43.4 Å². The van der Waals surface area contributed by atoms with Crippen molar-refractivity contribution in [2.45, 2.75) is 53.0 Å². The number of hydrogen-bond donors (Lipinski definition) is 2. The number of rotatable bonds is 7. The van der Waals surface area contributed by atoms with Gasteiger partial charge < -0.3 is 10.6 Å². The van der Waals surface area contributed by atoms with Gasteiger partial charge in [-0.05, 0) is 52.5 Å². The highest BCUT2D eigenvalue weighted by atomic mass is 32.2. The van der Waals surface area contributed by atoms with E-state index in [1.54, 1.807) is 11.2 Å². The van der Waals surface area contributed by atoms with Crippen LogP contribution in [-0.4, -0.2) is 56.7 Å². The fourth-order valence-corrected chi connectivity index (χ4v) is 4.62. The molecule has 1 saturated heterocycles. The summed E-state index contributed by atoms with van der Waals surface area (Å²) in [6, 6.07) is 6.87. The van der Waals surface area contributed by atoms with E-state index in [1.165, 1.54) is 16.7 Å². The molecular formula is C20H34N4O2S. The van der Waals surface area contributed by atoms with Crippen LogP contribution in [0.15, 0.2) is 23.2 Å². The van der Waals surface area contributed by atoms with Crippen molar-refractivity contribution < 1.29 is 8.42 Å². The number of aliphatic imine (C=N–C) groups is 1. The van der Waals surface area contributed by atoms with Gasteiger partial charge in [-0.15, -0.1) is 0 Å². The highest BCUT2D eigenvalue weighted by Crippen LogP contribution is 2.14. The van der Waals surface area contributed by atoms with Gasteiger partial charge in [-0.2, -0.15) is 0 Å². The summed E-state index contributed by atoms with van der Waals surface area (Å²) in [4.78, 5) is 4.71. The predicted octanol–water partition coefficient (Wildman–Crippen LogP) is 2.22. The first-order valence-corrected chi connectivity index (χ1v) is 11.5. The lowest BCUT2D eigenvalue weighted by atomic mass is 10.1. The summed E-state index contributed by atoms with van der Waals surface area (Å²) in [5.41, 5.74) is 3.88. The van der Waals surface area contributed by atoms with Crippen LogP contribution >= 0.6 is 0 Å². The standard InChI is InChI=1S/C20H34N4O2S/c1-5-21-20(22-10-7-18-14-16(3)13-17(4)15-18)23-19-8-11-24(12-9-19)27(25,26)6-2/h13-15,19H,5-12H2,1-4H3,(H2,21,22,23). The van der Waals surface area contributed by atoms with Gasteiger partial charge in [0.05, 0.1) is 5.75 Å². The molecule has 0 radical (unpaired) electrons. The Morgan fingerprint density at radius 1 is 1.15 bits per heavy atom. The van der Waals surface area contributed by atoms with E-state index < -0.39 is 10.0 Å². The van der Waals surface area contributed by atoms with Crippen molar-refractivity contribution >= 4 is 16.0 Å². The smallest absolute Gasteiger partial charge is 0.213 e. The van der Waals surface area contributed by atoms with Gasteiger partial charge in [-0.1, -0.05) is 29.3 Å². The number of nitrogens with zero attached hydrogens (tertiary/aromatic N) is 2. The maximum atomic E-state index is 12.0. The molecule has 1 aliphatic rings. The molecule has 27 heavy (non-hydrogen) atoms. The summed E-state index contributed by atoms with van der Waals surface area (Å²) in [5, 5.41) is 6.77. The van der Waals surface area contributed by atoms with E-state index in [1.807, 2.05) is 0 Å². The van der Waals surface area contributed by atoms with Gasteiger partial charge in [0.1, 0.15) is 0 Å². The Labute approximate surface area is 164 Å². The molecule has 2 N–H and O–H groups in total. The number of benzene rings is 1. The van der Waals surface area contributed by atoms with Crippen LogP contribution in [0, 0.1) is 13.8 Å². The molecule has 2 rings (SSSR count). The lowest BCUT2D eigenvalue weighted by molar-refractivity contribution is 0.306. The molecule has 1 heterocycles. The Morgan fingerprint density at radius 2 is 1.78 bits per heavy atom. The summed E-state index contributed by atoms with van der Waals surface area (Å²) in [5.74, 6) is 0.992. The van der Waals surface area contributed by atoms with Gasteiger partial charge >= 0.3 is 0 Å². The molecule has 6 nitrogen and oxygen atoms in total. The van der Waals surface area contributed by atoms with E-state index in [-0.39, 0.29) is 11.8 Å². The van der Waals surface area contributed by atoms with E-state index in [0.717, 1.165) is 38.3 Å². The van der Waals surface area contributed by atoms with Crippen LogP contribution in [-0.2, 0) is 16.4 Å². The zero-order valence-electron chi connectivity index (χ0n) is 17.1. The third-order valence-corrected chi connectivity index (χ3v) is 6.73. The van der Waals surface area contributed by atoms with Crippen LogP contribution < -0.4 is 10.6 Å². The average Bonchev–Trinajstić information content (AvgIpc) is 2.61. The second-order valence-electron chi connectivity index (χ2n) is 7.22. The zero-order valence-corrected chi connectivity index (χ0v) is 17.9. The maximum absolute atomic E-state index is 12.0. The lowest BCUT2D eigenvalue weighted by Crippen LogP contribution is -2.50. The fourth-order valence-electron chi connectivity index (χ4n) is 3.48. The minimum atomic E-state index is -3.08. The van der Waals surface area contributed by atoms with Crippen molar-refractivity contribution in [3.63, 3.8) is 0 Å². The van der Waals surface area contributed by atoms with Gasteiger partial charge in [0.25, 0.3) is 0 Å². The van der Waals surface area contributed by atoms with Crippen LogP contribution in [0.4, 0.5) is 0 Å². The zero-order chi connectivity index (χ0) is 19.9. The largest absolute Gasteiger partial charge is 0.357 e. The molecule has 0 unspecified atom stereocenters. The molecular weight excluding hydrogens is 360 g/mol. The molecule has 1 aliphatic heterocycles. The van der Waals surface area contributed by atoms with Crippen LogP contribution in [0.2, 0.25) is 0 Å². The van der Waals surface area contributed by atoms with E-state index >= 15 is 0 Å².